The molecule has 1 saturated heterocycles. The lowest BCUT2D eigenvalue weighted by atomic mass is 9.78. The number of nitrogens with zero attached hydrogens (tertiary/aromatic N) is 2. The van der Waals surface area contributed by atoms with Gasteiger partial charge in [0.25, 0.3) is 0 Å². The highest BCUT2D eigenvalue weighted by molar-refractivity contribution is 5.79. The van der Waals surface area contributed by atoms with Gasteiger partial charge >= 0.3 is 0 Å². The lowest BCUT2D eigenvalue weighted by Gasteiger charge is -2.40. The number of fused-ring (bicyclic) bond motifs is 1. The molecular formula is C10H14N2O. The standard InChI is InChI=1S/C10H14N2O/c11-7-12-5-1-2-8-6-9(13)3-4-10(8)12/h8,10H,1-6H2/t8-,10-/m1/s1. The summed E-state index contributed by atoms with van der Waals surface area (Å²) in [6, 6.07) is 0.372. The number of hydrogen-bond donors (Lipinski definition) is 0. The van der Waals surface area contributed by atoms with Crippen molar-refractivity contribution < 1.29 is 4.79 Å². The highest BCUT2D eigenvalue weighted by atomic mass is 16.1. The van der Waals surface area contributed by atoms with Crippen molar-refractivity contribution in [2.24, 2.45) is 5.92 Å². The quantitative estimate of drug-likeness (QED) is 0.525. The van der Waals surface area contributed by atoms with Gasteiger partial charge in [-0.3, -0.25) is 4.79 Å². The van der Waals surface area contributed by atoms with Crippen LogP contribution in [0.5, 0.6) is 0 Å². The zero-order valence-electron chi connectivity index (χ0n) is 7.70. The first kappa shape index (κ1) is 8.55. The predicted molar refractivity (Wildman–Crippen MR) is 47.7 cm³/mol. The fraction of sp³-hybridized carbons (Fsp3) is 0.800. The molecule has 1 saturated carbocycles. The summed E-state index contributed by atoms with van der Waals surface area (Å²) in [6.45, 7) is 0.895. The van der Waals surface area contributed by atoms with Gasteiger partial charge in [-0.25, -0.2) is 0 Å². The summed E-state index contributed by atoms with van der Waals surface area (Å²) in [6.07, 6.45) is 6.74. The van der Waals surface area contributed by atoms with E-state index in [1.165, 1.54) is 0 Å². The topological polar surface area (TPSA) is 44.1 Å². The van der Waals surface area contributed by atoms with Gasteiger partial charge in [0, 0.05) is 25.4 Å². The highest BCUT2D eigenvalue weighted by Crippen LogP contribution is 2.33. The number of nitriles is 1. The Hall–Kier alpha value is -1.04. The van der Waals surface area contributed by atoms with Crippen LogP contribution in [0.3, 0.4) is 0 Å². The normalized spacial score (nSPS) is 33.8. The molecule has 0 aromatic carbocycles. The molecule has 2 rings (SSSR count). The van der Waals surface area contributed by atoms with Gasteiger partial charge in [-0.15, -0.1) is 0 Å². The summed E-state index contributed by atoms with van der Waals surface area (Å²) in [7, 11) is 0. The molecule has 0 bridgehead atoms. The molecule has 1 aliphatic carbocycles. The molecule has 2 fully saturated rings. The zero-order valence-corrected chi connectivity index (χ0v) is 7.70. The van der Waals surface area contributed by atoms with Crippen molar-refractivity contribution in [1.29, 1.82) is 5.26 Å². The van der Waals surface area contributed by atoms with Crippen LogP contribution in [0.4, 0.5) is 0 Å². The average Bonchev–Trinajstić information content (AvgIpc) is 2.16. The van der Waals surface area contributed by atoms with Gasteiger partial charge in [0.05, 0.1) is 0 Å². The van der Waals surface area contributed by atoms with E-state index in [-0.39, 0.29) is 0 Å². The van der Waals surface area contributed by atoms with Gasteiger partial charge in [-0.2, -0.15) is 5.26 Å². The van der Waals surface area contributed by atoms with Crippen LogP contribution in [0.1, 0.15) is 32.1 Å². The molecule has 1 heterocycles. The summed E-state index contributed by atoms with van der Waals surface area (Å²) in [5.74, 6) is 0.857. The molecule has 0 unspecified atom stereocenters. The minimum Gasteiger partial charge on any atom is -0.307 e. The Balaban J connectivity index is 2.08. The lowest BCUT2D eigenvalue weighted by Crippen LogP contribution is -2.45. The van der Waals surface area contributed by atoms with E-state index < -0.39 is 0 Å². The molecule has 0 spiro atoms. The van der Waals surface area contributed by atoms with E-state index in [0.717, 1.165) is 25.8 Å². The van der Waals surface area contributed by atoms with Crippen LogP contribution < -0.4 is 0 Å². The van der Waals surface area contributed by atoms with Gasteiger partial charge in [0.1, 0.15) is 5.78 Å². The summed E-state index contributed by atoms with van der Waals surface area (Å²) >= 11 is 0. The van der Waals surface area contributed by atoms with Crippen LogP contribution in [0.15, 0.2) is 0 Å². The molecule has 3 nitrogen and oxygen atoms in total. The summed E-state index contributed by atoms with van der Waals surface area (Å²) in [5.41, 5.74) is 0. The maximum atomic E-state index is 11.2. The molecule has 0 radical (unpaired) electrons. The van der Waals surface area contributed by atoms with Crippen molar-refractivity contribution >= 4 is 5.78 Å². The summed E-state index contributed by atoms with van der Waals surface area (Å²) < 4.78 is 0. The highest BCUT2D eigenvalue weighted by Gasteiger charge is 2.35. The minimum atomic E-state index is 0.372. The maximum Gasteiger partial charge on any atom is 0.179 e. The van der Waals surface area contributed by atoms with Gasteiger partial charge < -0.3 is 4.90 Å². The van der Waals surface area contributed by atoms with Crippen LogP contribution in [-0.2, 0) is 4.79 Å². The van der Waals surface area contributed by atoms with E-state index in [9.17, 15) is 4.79 Å². The molecule has 3 heteroatoms. The first-order valence-corrected chi connectivity index (χ1v) is 4.99. The number of piperidine rings is 1. The van der Waals surface area contributed by atoms with Crippen LogP contribution in [0, 0.1) is 17.4 Å². The maximum absolute atomic E-state index is 11.2. The molecule has 1 aliphatic heterocycles. The number of ketones is 1. The molecule has 13 heavy (non-hydrogen) atoms. The number of likely N-dealkylation sites (tertiary alicyclic amines) is 1. The van der Waals surface area contributed by atoms with Crippen LogP contribution in [0.2, 0.25) is 0 Å². The predicted octanol–water partition coefficient (Wildman–Crippen LogP) is 1.30. The third kappa shape index (κ3) is 1.53. The van der Waals surface area contributed by atoms with E-state index in [1.807, 2.05) is 4.90 Å². The third-order valence-corrected chi connectivity index (χ3v) is 3.26. The van der Waals surface area contributed by atoms with E-state index >= 15 is 0 Å². The summed E-state index contributed by atoms with van der Waals surface area (Å²) in [5, 5.41) is 8.89. The Labute approximate surface area is 78.3 Å². The Kier molecular flexibility index (Phi) is 2.22. The number of hydrogen-bond acceptors (Lipinski definition) is 3. The molecule has 70 valence electrons. The van der Waals surface area contributed by atoms with Crippen molar-refractivity contribution in [2.75, 3.05) is 6.54 Å². The third-order valence-electron chi connectivity index (χ3n) is 3.26. The molecule has 0 N–H and O–H groups in total. The monoisotopic (exact) mass is 178 g/mol. The van der Waals surface area contributed by atoms with Crippen LogP contribution in [-0.4, -0.2) is 23.3 Å². The fourth-order valence-corrected chi connectivity index (χ4v) is 2.59. The number of rotatable bonds is 0. The Morgan fingerprint density at radius 1 is 1.46 bits per heavy atom. The molecule has 0 aromatic heterocycles. The Bertz CT molecular complexity index is 256. The lowest BCUT2D eigenvalue weighted by molar-refractivity contribution is -0.123. The van der Waals surface area contributed by atoms with Crippen molar-refractivity contribution in [1.82, 2.24) is 4.90 Å². The van der Waals surface area contributed by atoms with Gasteiger partial charge in [-0.05, 0) is 25.2 Å². The summed E-state index contributed by atoms with van der Waals surface area (Å²) in [4.78, 5) is 13.1. The molecular weight excluding hydrogens is 164 g/mol. The second kappa shape index (κ2) is 3.37. The average molecular weight is 178 g/mol. The smallest absolute Gasteiger partial charge is 0.179 e. The molecule has 0 amide bonds. The van der Waals surface area contributed by atoms with Crippen molar-refractivity contribution in [2.45, 2.75) is 38.1 Å². The number of carbonyl (C=O) groups is 1. The Morgan fingerprint density at radius 3 is 3.08 bits per heavy atom. The van der Waals surface area contributed by atoms with Crippen molar-refractivity contribution in [3.05, 3.63) is 0 Å². The van der Waals surface area contributed by atoms with E-state index in [0.29, 0.717) is 30.6 Å². The van der Waals surface area contributed by atoms with Gasteiger partial charge in [0.15, 0.2) is 6.19 Å². The number of Topliss-reactive ketones (excluding diaryl/α,β-unsaturated/α-hetero) is 1. The van der Waals surface area contributed by atoms with E-state index in [2.05, 4.69) is 6.19 Å². The molecule has 2 aliphatic rings. The van der Waals surface area contributed by atoms with Crippen molar-refractivity contribution in [3.8, 4) is 6.19 Å². The zero-order chi connectivity index (χ0) is 9.26. The van der Waals surface area contributed by atoms with Gasteiger partial charge in [-0.1, -0.05) is 0 Å². The first-order valence-electron chi connectivity index (χ1n) is 4.99. The largest absolute Gasteiger partial charge is 0.307 e. The molecule has 2 atom stereocenters. The van der Waals surface area contributed by atoms with Crippen molar-refractivity contribution in [3.63, 3.8) is 0 Å². The SMILES string of the molecule is N#CN1CCC[C@@H]2CC(=O)CC[C@H]21. The fourth-order valence-electron chi connectivity index (χ4n) is 2.59. The minimum absolute atomic E-state index is 0.372. The van der Waals surface area contributed by atoms with Crippen LogP contribution in [0.25, 0.3) is 0 Å². The second-order valence-electron chi connectivity index (χ2n) is 4.04. The molecule has 0 aromatic rings. The second-order valence-corrected chi connectivity index (χ2v) is 4.04. The number of carbonyl (C=O) groups excluding carboxylic acids is 1. The van der Waals surface area contributed by atoms with Gasteiger partial charge in [0.2, 0.25) is 0 Å². The Morgan fingerprint density at radius 2 is 2.31 bits per heavy atom. The van der Waals surface area contributed by atoms with E-state index in [4.69, 9.17) is 5.26 Å². The first-order chi connectivity index (χ1) is 6.31. The van der Waals surface area contributed by atoms with Crippen LogP contribution >= 0.6 is 0 Å². The van der Waals surface area contributed by atoms with E-state index in [1.54, 1.807) is 0 Å².